The van der Waals surface area contributed by atoms with Crippen molar-refractivity contribution in [2.24, 2.45) is 5.73 Å². The quantitative estimate of drug-likeness (QED) is 0.815. The summed E-state index contributed by atoms with van der Waals surface area (Å²) in [4.78, 5) is 26.0. The van der Waals surface area contributed by atoms with E-state index in [-0.39, 0.29) is 44.5 Å². The second-order valence-corrected chi connectivity index (χ2v) is 6.41. The Balaban J connectivity index is 2.04. The maximum absolute atomic E-state index is 14.6. The molecule has 1 atom stereocenters. The van der Waals surface area contributed by atoms with Crippen LogP contribution in [0.5, 0.6) is 0 Å². The summed E-state index contributed by atoms with van der Waals surface area (Å²) in [5.41, 5.74) is 5.71. The third-order valence-electron chi connectivity index (χ3n) is 4.58. The highest BCUT2D eigenvalue weighted by Gasteiger charge is 2.45. The lowest BCUT2D eigenvalue weighted by Crippen LogP contribution is -2.32. The average molecular weight is 381 g/mol. The fraction of sp³-hybridized carbons (Fsp3) is 0.0500. The number of hydrogen-bond acceptors (Lipinski definition) is 5. The summed E-state index contributed by atoms with van der Waals surface area (Å²) in [5, 5.41) is 9.57. The molecule has 27 heavy (non-hydrogen) atoms. The molecule has 2 aromatic carbocycles. The normalized spacial score (nSPS) is 18.6. The molecule has 1 aliphatic heterocycles. The third kappa shape index (κ3) is 2.36. The van der Waals surface area contributed by atoms with Gasteiger partial charge in [0.15, 0.2) is 11.5 Å². The Labute approximate surface area is 158 Å². The number of nitriles is 1. The molecule has 0 saturated carbocycles. The first-order valence-corrected chi connectivity index (χ1v) is 8.27. The van der Waals surface area contributed by atoms with Gasteiger partial charge in [-0.25, -0.2) is 4.39 Å². The van der Waals surface area contributed by atoms with Gasteiger partial charge in [0, 0.05) is 21.7 Å². The summed E-state index contributed by atoms with van der Waals surface area (Å²) in [6, 6.07) is 12.1. The molecule has 0 spiro atoms. The predicted octanol–water partition coefficient (Wildman–Crippen LogP) is 3.62. The molecule has 132 valence electrons. The number of ketones is 2. The lowest BCUT2D eigenvalue weighted by Gasteiger charge is -2.31. The van der Waals surface area contributed by atoms with Crippen molar-refractivity contribution in [1.82, 2.24) is 0 Å². The molecule has 1 aliphatic carbocycles. The van der Waals surface area contributed by atoms with Gasteiger partial charge in [-0.15, -0.1) is 0 Å². The maximum Gasteiger partial charge on any atom is 0.229 e. The Morgan fingerprint density at radius 3 is 2.37 bits per heavy atom. The first-order valence-electron chi connectivity index (χ1n) is 7.89. The van der Waals surface area contributed by atoms with Gasteiger partial charge in [0.05, 0.1) is 11.5 Å². The van der Waals surface area contributed by atoms with E-state index < -0.39 is 23.3 Å². The van der Waals surface area contributed by atoms with Gasteiger partial charge in [-0.1, -0.05) is 41.9 Å². The molecule has 1 heterocycles. The minimum atomic E-state index is -1.24. The molecule has 4 rings (SSSR count). The van der Waals surface area contributed by atoms with E-state index >= 15 is 0 Å². The molecule has 7 heteroatoms. The molecule has 0 bridgehead atoms. The lowest BCUT2D eigenvalue weighted by molar-refractivity contribution is 0.0897. The zero-order valence-electron chi connectivity index (χ0n) is 13.6. The fourth-order valence-corrected chi connectivity index (χ4v) is 3.65. The van der Waals surface area contributed by atoms with E-state index in [2.05, 4.69) is 0 Å². The van der Waals surface area contributed by atoms with Crippen LogP contribution in [-0.4, -0.2) is 11.6 Å². The van der Waals surface area contributed by atoms with Gasteiger partial charge in [-0.2, -0.15) is 5.26 Å². The number of nitrogens with zero attached hydrogens (tertiary/aromatic N) is 1. The van der Waals surface area contributed by atoms with Crippen molar-refractivity contribution in [3.8, 4) is 6.07 Å². The Morgan fingerprint density at radius 1 is 1.07 bits per heavy atom. The Morgan fingerprint density at radius 2 is 1.74 bits per heavy atom. The monoisotopic (exact) mass is 380 g/mol. The number of ether oxygens (including phenoxy) is 1. The maximum atomic E-state index is 14.6. The summed E-state index contributed by atoms with van der Waals surface area (Å²) >= 11 is 6.18. The lowest BCUT2D eigenvalue weighted by atomic mass is 9.75. The van der Waals surface area contributed by atoms with E-state index in [1.807, 2.05) is 6.07 Å². The van der Waals surface area contributed by atoms with Crippen LogP contribution < -0.4 is 5.73 Å². The number of halogens is 2. The predicted molar refractivity (Wildman–Crippen MR) is 94.2 cm³/mol. The molecular weight excluding hydrogens is 371 g/mol. The van der Waals surface area contributed by atoms with E-state index in [9.17, 15) is 19.2 Å². The number of Topliss-reactive ketones (excluding diaryl/α,β-unsaturated/α-hetero) is 2. The van der Waals surface area contributed by atoms with Gasteiger partial charge in [-0.3, -0.25) is 9.59 Å². The smallest absolute Gasteiger partial charge is 0.229 e. The third-order valence-corrected chi connectivity index (χ3v) is 4.91. The molecule has 2 aromatic rings. The van der Waals surface area contributed by atoms with Crippen LogP contribution >= 0.6 is 11.6 Å². The van der Waals surface area contributed by atoms with Crippen molar-refractivity contribution in [3.05, 3.63) is 92.8 Å². The number of fused-ring (bicyclic) bond motifs is 1. The number of carbonyl (C=O) groups is 2. The fourth-order valence-electron chi connectivity index (χ4n) is 3.38. The van der Waals surface area contributed by atoms with E-state index in [1.54, 1.807) is 12.1 Å². The molecule has 0 fully saturated rings. The van der Waals surface area contributed by atoms with Crippen LogP contribution in [0, 0.1) is 17.1 Å². The average Bonchev–Trinajstić information content (AvgIpc) is 2.65. The number of nitrogens with two attached hydrogens (primary N) is 1. The molecule has 2 aliphatic rings. The summed E-state index contributed by atoms with van der Waals surface area (Å²) in [6.07, 6.45) is 0. The largest absolute Gasteiger partial charge is 0.436 e. The summed E-state index contributed by atoms with van der Waals surface area (Å²) in [6.45, 7) is 0. The van der Waals surface area contributed by atoms with Gasteiger partial charge in [0.1, 0.15) is 17.5 Å². The molecule has 0 radical (unpaired) electrons. The van der Waals surface area contributed by atoms with Gasteiger partial charge >= 0.3 is 0 Å². The number of allylic oxidation sites excluding steroid dienone is 3. The van der Waals surface area contributed by atoms with Gasteiger partial charge in [-0.05, 0) is 12.1 Å². The molecule has 2 N–H and O–H groups in total. The molecule has 0 saturated heterocycles. The van der Waals surface area contributed by atoms with Crippen molar-refractivity contribution < 1.29 is 18.7 Å². The SMILES string of the molecule is N#CC1=C(N)OC2=C(C(=O)c3ccccc3C2=O)C1c1c(F)cccc1Cl. The topological polar surface area (TPSA) is 93.2 Å². The molecular formula is C20H10ClFN2O3. The van der Waals surface area contributed by atoms with Crippen molar-refractivity contribution in [2.75, 3.05) is 0 Å². The Hall–Kier alpha value is -3.43. The standard InChI is InChI=1S/C20H10ClFN2O3/c21-12-6-3-7-13(22)15(12)14-11(8-23)20(24)27-19-16(14)17(25)9-4-1-2-5-10(9)18(19)26/h1-7,14H,24H2. The zero-order chi connectivity index (χ0) is 19.3. The first kappa shape index (κ1) is 17.0. The van der Waals surface area contributed by atoms with Crippen molar-refractivity contribution in [3.63, 3.8) is 0 Å². The van der Waals surface area contributed by atoms with Gasteiger partial charge < -0.3 is 10.5 Å². The second-order valence-electron chi connectivity index (χ2n) is 6.01. The van der Waals surface area contributed by atoms with E-state index in [1.165, 1.54) is 24.3 Å². The second kappa shape index (κ2) is 6.08. The Kier molecular flexibility index (Phi) is 3.83. The highest BCUT2D eigenvalue weighted by Crippen LogP contribution is 2.46. The highest BCUT2D eigenvalue weighted by molar-refractivity contribution is 6.32. The molecule has 0 amide bonds. The van der Waals surface area contributed by atoms with Crippen LogP contribution in [0.4, 0.5) is 4.39 Å². The van der Waals surface area contributed by atoms with Crippen molar-refractivity contribution >= 4 is 23.2 Å². The van der Waals surface area contributed by atoms with E-state index in [0.717, 1.165) is 6.07 Å². The molecule has 1 unspecified atom stereocenters. The van der Waals surface area contributed by atoms with Crippen LogP contribution in [0.1, 0.15) is 32.2 Å². The van der Waals surface area contributed by atoms with Crippen LogP contribution in [0.2, 0.25) is 5.02 Å². The summed E-state index contributed by atoms with van der Waals surface area (Å²) in [5.74, 6) is -3.72. The van der Waals surface area contributed by atoms with Crippen LogP contribution in [0.25, 0.3) is 0 Å². The minimum Gasteiger partial charge on any atom is -0.436 e. The zero-order valence-corrected chi connectivity index (χ0v) is 14.4. The van der Waals surface area contributed by atoms with Gasteiger partial charge in [0.25, 0.3) is 0 Å². The minimum absolute atomic E-state index is 0.00778. The number of hydrogen-bond donors (Lipinski definition) is 1. The molecule has 0 aromatic heterocycles. The summed E-state index contributed by atoms with van der Waals surface area (Å²) < 4.78 is 20.0. The van der Waals surface area contributed by atoms with Gasteiger partial charge in [0.2, 0.25) is 11.7 Å². The van der Waals surface area contributed by atoms with Crippen LogP contribution in [-0.2, 0) is 4.74 Å². The van der Waals surface area contributed by atoms with E-state index in [0.29, 0.717) is 0 Å². The number of carbonyl (C=O) groups excluding carboxylic acids is 2. The summed E-state index contributed by atoms with van der Waals surface area (Å²) in [7, 11) is 0. The highest BCUT2D eigenvalue weighted by atomic mass is 35.5. The molecule has 5 nitrogen and oxygen atoms in total. The number of benzene rings is 2. The van der Waals surface area contributed by atoms with Crippen molar-refractivity contribution in [2.45, 2.75) is 5.92 Å². The first-order chi connectivity index (χ1) is 13.0. The van der Waals surface area contributed by atoms with Crippen LogP contribution in [0.15, 0.2) is 65.3 Å². The Bertz CT molecular complexity index is 1120. The van der Waals surface area contributed by atoms with E-state index in [4.69, 9.17) is 22.1 Å². The van der Waals surface area contributed by atoms with Crippen molar-refractivity contribution in [1.29, 1.82) is 5.26 Å². The number of rotatable bonds is 1. The van der Waals surface area contributed by atoms with Crippen LogP contribution in [0.3, 0.4) is 0 Å².